The first-order valence-electron chi connectivity index (χ1n) is 20.2. The van der Waals surface area contributed by atoms with Gasteiger partial charge in [0, 0.05) is 59.7 Å². The van der Waals surface area contributed by atoms with Gasteiger partial charge < -0.3 is 8.97 Å². The first-order chi connectivity index (χ1) is 29.3. The van der Waals surface area contributed by atoms with Crippen LogP contribution in [0.5, 0.6) is 0 Å². The second-order valence-electron chi connectivity index (χ2n) is 15.8. The Morgan fingerprint density at radius 1 is 0.339 bits per heavy atom. The van der Waals surface area contributed by atoms with Crippen LogP contribution in [-0.4, -0.2) is 23.5 Å². The molecule has 0 amide bonds. The van der Waals surface area contributed by atoms with Crippen molar-refractivity contribution in [2.24, 2.45) is 0 Å². The number of nitrogens with zero attached hydrogens (tertiary/aromatic N) is 5. The van der Waals surface area contributed by atoms with Crippen LogP contribution in [0.15, 0.2) is 188 Å². The monoisotopic (exact) mass is 749 g/mol. The minimum Gasteiger partial charge on any atom is -0.309 e. The van der Waals surface area contributed by atoms with Gasteiger partial charge in [0.05, 0.1) is 49.8 Å². The maximum atomic E-state index is 5.66. The molecule has 0 aliphatic carbocycles. The lowest BCUT2D eigenvalue weighted by atomic mass is 10.0. The van der Waals surface area contributed by atoms with E-state index in [9.17, 15) is 0 Å². The van der Waals surface area contributed by atoms with E-state index in [-0.39, 0.29) is 0 Å². The van der Waals surface area contributed by atoms with Crippen molar-refractivity contribution in [2.45, 2.75) is 0 Å². The maximum absolute atomic E-state index is 5.66. The number of aromatic nitrogens is 5. The molecular weight excluding hydrogens is 719 g/mol. The molecule has 0 unspecified atom stereocenters. The number of fused-ring (bicyclic) bond motifs is 15. The van der Waals surface area contributed by atoms with Crippen LogP contribution in [0.1, 0.15) is 0 Å². The molecule has 0 aliphatic heterocycles. The smallest absolute Gasteiger partial charge is 0.235 e. The second-order valence-corrected chi connectivity index (χ2v) is 15.8. The summed E-state index contributed by atoms with van der Waals surface area (Å²) in [6.07, 6.45) is 0. The van der Waals surface area contributed by atoms with Gasteiger partial charge in [0.15, 0.2) is 0 Å². The summed E-state index contributed by atoms with van der Waals surface area (Å²) in [5, 5.41) is 13.2. The number of benzene rings is 9. The van der Waals surface area contributed by atoms with E-state index >= 15 is 0 Å². The summed E-state index contributed by atoms with van der Waals surface area (Å²) in [6, 6.07) is 68.0. The molecule has 0 saturated carbocycles. The molecule has 14 aromatic rings. The van der Waals surface area contributed by atoms with E-state index in [1.165, 1.54) is 75.9 Å². The van der Waals surface area contributed by atoms with Gasteiger partial charge in [0.2, 0.25) is 5.95 Å². The Labute approximate surface area is 336 Å². The van der Waals surface area contributed by atoms with Crippen LogP contribution in [0, 0.1) is 0 Å². The molecule has 0 bridgehead atoms. The van der Waals surface area contributed by atoms with Gasteiger partial charge in [-0.05, 0) is 71.4 Å². The molecule has 5 heterocycles. The van der Waals surface area contributed by atoms with Crippen molar-refractivity contribution in [1.29, 1.82) is 0 Å². The minimum atomic E-state index is 0.653. The molecule has 59 heavy (non-hydrogen) atoms. The van der Waals surface area contributed by atoms with Crippen molar-refractivity contribution >= 4 is 103 Å². The number of para-hydroxylation sites is 5. The summed E-state index contributed by atoms with van der Waals surface area (Å²) in [4.78, 5) is 11.1. The Morgan fingerprint density at radius 2 is 0.932 bits per heavy atom. The van der Waals surface area contributed by atoms with Crippen molar-refractivity contribution in [3.8, 4) is 22.9 Å². The van der Waals surface area contributed by atoms with E-state index in [1.54, 1.807) is 0 Å². The third kappa shape index (κ3) is 4.08. The molecule has 0 saturated heterocycles. The van der Waals surface area contributed by atoms with Gasteiger partial charge in [-0.1, -0.05) is 127 Å². The topological polar surface area (TPSA) is 40.0 Å². The van der Waals surface area contributed by atoms with Gasteiger partial charge in [-0.2, -0.15) is 0 Å². The van der Waals surface area contributed by atoms with Crippen molar-refractivity contribution in [3.05, 3.63) is 188 Å². The van der Waals surface area contributed by atoms with E-state index in [1.807, 2.05) is 0 Å². The molecule has 9 aromatic carbocycles. The molecule has 0 fully saturated rings. The highest BCUT2D eigenvalue weighted by Crippen LogP contribution is 2.47. The Hall–Kier alpha value is -8.02. The van der Waals surface area contributed by atoms with Crippen molar-refractivity contribution in [3.63, 3.8) is 0 Å². The molecule has 0 aliphatic rings. The lowest BCUT2D eigenvalue weighted by Crippen LogP contribution is -2.04. The molecule has 0 radical (unpaired) electrons. The predicted octanol–water partition coefficient (Wildman–Crippen LogP) is 13.8. The average molecular weight is 750 g/mol. The van der Waals surface area contributed by atoms with E-state index in [2.05, 4.69) is 202 Å². The van der Waals surface area contributed by atoms with Gasteiger partial charge in [-0.25, -0.2) is 9.97 Å². The molecule has 5 heteroatoms. The summed E-state index contributed by atoms with van der Waals surface area (Å²) in [7, 11) is 0. The number of hydrogen-bond donors (Lipinski definition) is 0. The van der Waals surface area contributed by atoms with Crippen molar-refractivity contribution in [1.82, 2.24) is 23.5 Å². The fourth-order valence-corrected chi connectivity index (χ4v) is 10.3. The Bertz CT molecular complexity index is 4070. The zero-order chi connectivity index (χ0) is 38.3. The first-order valence-corrected chi connectivity index (χ1v) is 20.2. The standard InChI is InChI=1S/C54H31N5/c1-2-16-35(17-3-1)57-45-23-11-7-18-36(45)38-27-26-34(30-48(38)57)51-39-20-6-10-22-44(39)55-54(56-51)59-49-29-33-15-5-4-14-32(33)28-41(49)43-31-42-37-19-8-12-24-46(37)58-47-25-13-9-21-40(47)50(52(42)58)53(43)59/h1-31H. The van der Waals surface area contributed by atoms with Crippen LogP contribution in [0.2, 0.25) is 0 Å². The van der Waals surface area contributed by atoms with E-state index < -0.39 is 0 Å². The summed E-state index contributed by atoms with van der Waals surface area (Å²) >= 11 is 0. The van der Waals surface area contributed by atoms with Gasteiger partial charge in [-0.3, -0.25) is 4.57 Å². The highest BCUT2D eigenvalue weighted by Gasteiger charge is 2.26. The Kier molecular flexibility index (Phi) is 5.96. The lowest BCUT2D eigenvalue weighted by molar-refractivity contribution is 1.02. The largest absolute Gasteiger partial charge is 0.309 e. The maximum Gasteiger partial charge on any atom is 0.235 e. The van der Waals surface area contributed by atoms with Gasteiger partial charge in [0.1, 0.15) is 0 Å². The van der Waals surface area contributed by atoms with Gasteiger partial charge in [0.25, 0.3) is 0 Å². The van der Waals surface area contributed by atoms with E-state index in [4.69, 9.17) is 9.97 Å². The molecule has 272 valence electrons. The summed E-state index contributed by atoms with van der Waals surface area (Å²) in [5.74, 6) is 0.653. The van der Waals surface area contributed by atoms with Crippen LogP contribution in [0.25, 0.3) is 126 Å². The molecule has 14 rings (SSSR count). The molecule has 0 atom stereocenters. The van der Waals surface area contributed by atoms with Crippen molar-refractivity contribution in [2.75, 3.05) is 0 Å². The summed E-state index contributed by atoms with van der Waals surface area (Å²) in [5.41, 5.74) is 12.2. The van der Waals surface area contributed by atoms with Crippen LogP contribution < -0.4 is 0 Å². The molecular formula is C54H31N5. The normalized spacial score (nSPS) is 12.4. The summed E-state index contributed by atoms with van der Waals surface area (Å²) < 4.78 is 7.19. The van der Waals surface area contributed by atoms with Gasteiger partial charge in [-0.15, -0.1) is 0 Å². The molecule has 5 aromatic heterocycles. The third-order valence-electron chi connectivity index (χ3n) is 12.7. The number of hydrogen-bond acceptors (Lipinski definition) is 2. The Balaban J connectivity index is 1.14. The van der Waals surface area contributed by atoms with Gasteiger partial charge >= 0.3 is 0 Å². The zero-order valence-corrected chi connectivity index (χ0v) is 31.6. The Morgan fingerprint density at radius 3 is 1.75 bits per heavy atom. The second kappa shape index (κ2) is 11.3. The van der Waals surface area contributed by atoms with Crippen LogP contribution in [0.4, 0.5) is 0 Å². The molecule has 5 nitrogen and oxygen atoms in total. The summed E-state index contributed by atoms with van der Waals surface area (Å²) in [6.45, 7) is 0. The van der Waals surface area contributed by atoms with E-state index in [0.717, 1.165) is 44.4 Å². The number of rotatable bonds is 3. The third-order valence-corrected chi connectivity index (χ3v) is 12.7. The predicted molar refractivity (Wildman–Crippen MR) is 246 cm³/mol. The van der Waals surface area contributed by atoms with Crippen LogP contribution in [-0.2, 0) is 0 Å². The zero-order valence-electron chi connectivity index (χ0n) is 31.6. The minimum absolute atomic E-state index is 0.653. The fraction of sp³-hybridized carbons (Fsp3) is 0. The van der Waals surface area contributed by atoms with Crippen molar-refractivity contribution < 1.29 is 0 Å². The fourth-order valence-electron chi connectivity index (χ4n) is 10.3. The molecule has 0 spiro atoms. The highest BCUT2D eigenvalue weighted by molar-refractivity contribution is 6.34. The average Bonchev–Trinajstić information content (AvgIpc) is 4.02. The quantitative estimate of drug-likeness (QED) is 0.180. The lowest BCUT2D eigenvalue weighted by Gasteiger charge is -2.13. The highest BCUT2D eigenvalue weighted by atomic mass is 15.2. The first kappa shape index (κ1) is 31.1. The molecule has 0 N–H and O–H groups in total. The van der Waals surface area contributed by atoms with Crippen LogP contribution in [0.3, 0.4) is 0 Å². The SMILES string of the molecule is c1ccc(-n2c3ccccc3c3ccc(-c4nc(-n5c6cc7ccccc7cc6c6cc7c8ccccc8n8c9ccccc9c(c65)c78)nc5ccccc45)cc32)cc1. The van der Waals surface area contributed by atoms with E-state index in [0.29, 0.717) is 5.95 Å². The van der Waals surface area contributed by atoms with Crippen LogP contribution >= 0.6 is 0 Å².